The van der Waals surface area contributed by atoms with Gasteiger partial charge in [-0.05, 0) is 15.9 Å². The van der Waals surface area contributed by atoms with E-state index in [9.17, 15) is 0 Å². The quantitative estimate of drug-likeness (QED) is 0.915. The van der Waals surface area contributed by atoms with Gasteiger partial charge in [-0.1, -0.05) is 0 Å². The molecule has 0 amide bonds. The van der Waals surface area contributed by atoms with Gasteiger partial charge in [0.1, 0.15) is 17.8 Å². The summed E-state index contributed by atoms with van der Waals surface area (Å²) in [7, 11) is 0. The second-order valence-corrected chi connectivity index (χ2v) is 5.44. The van der Waals surface area contributed by atoms with E-state index in [2.05, 4.69) is 35.4 Å². The van der Waals surface area contributed by atoms with Crippen LogP contribution in [0.15, 0.2) is 17.0 Å². The molecule has 2 N–H and O–H groups in total. The molecule has 2 aromatic rings. The molecule has 6 nitrogen and oxygen atoms in total. The highest BCUT2D eigenvalue weighted by Gasteiger charge is 2.14. The summed E-state index contributed by atoms with van der Waals surface area (Å²) in [6, 6.07) is 0. The Balaban J connectivity index is 1.79. The summed E-state index contributed by atoms with van der Waals surface area (Å²) in [5.74, 6) is 0.516. The van der Waals surface area contributed by atoms with Crippen LogP contribution in [0.4, 0.5) is 5.82 Å². The van der Waals surface area contributed by atoms with E-state index in [-0.39, 0.29) is 0 Å². The van der Waals surface area contributed by atoms with Crippen molar-refractivity contribution in [1.29, 1.82) is 0 Å². The minimum atomic E-state index is 0.516. The van der Waals surface area contributed by atoms with E-state index >= 15 is 0 Å². The van der Waals surface area contributed by atoms with Crippen molar-refractivity contribution in [2.45, 2.75) is 6.54 Å². The summed E-state index contributed by atoms with van der Waals surface area (Å²) in [6.07, 6.45) is 3.53. The number of aromatic nitrogens is 3. The predicted molar refractivity (Wildman–Crippen MR) is 76.9 cm³/mol. The molecule has 7 heteroatoms. The molecule has 1 saturated heterocycles. The molecule has 2 aromatic heterocycles. The van der Waals surface area contributed by atoms with E-state index in [1.54, 1.807) is 0 Å². The minimum Gasteiger partial charge on any atom is -0.383 e. The maximum absolute atomic E-state index is 5.89. The molecular formula is C12H16BrN5O. The van der Waals surface area contributed by atoms with Gasteiger partial charge in [-0.2, -0.15) is 0 Å². The number of ether oxygens (including phenoxy) is 1. The zero-order chi connectivity index (χ0) is 13.2. The van der Waals surface area contributed by atoms with Gasteiger partial charge in [0.25, 0.3) is 0 Å². The Morgan fingerprint density at radius 2 is 2.05 bits per heavy atom. The number of rotatable bonds is 3. The van der Waals surface area contributed by atoms with Crippen LogP contribution in [0.3, 0.4) is 0 Å². The van der Waals surface area contributed by atoms with Crippen molar-refractivity contribution < 1.29 is 4.74 Å². The maximum atomic E-state index is 5.89. The number of morpholine rings is 1. The second-order valence-electron chi connectivity index (χ2n) is 4.58. The first-order valence-corrected chi connectivity index (χ1v) is 7.10. The number of nitrogens with two attached hydrogens (primary N) is 1. The predicted octanol–water partition coefficient (Wildman–Crippen LogP) is 1.11. The van der Waals surface area contributed by atoms with Crippen molar-refractivity contribution in [1.82, 2.24) is 19.4 Å². The lowest BCUT2D eigenvalue weighted by atomic mass is 10.4. The van der Waals surface area contributed by atoms with Gasteiger partial charge in [0, 0.05) is 36.8 Å². The fourth-order valence-electron chi connectivity index (χ4n) is 2.34. The molecule has 1 aliphatic heterocycles. The van der Waals surface area contributed by atoms with Gasteiger partial charge in [0.05, 0.1) is 18.6 Å². The molecule has 102 valence electrons. The first kappa shape index (κ1) is 12.8. The zero-order valence-electron chi connectivity index (χ0n) is 10.5. The molecule has 19 heavy (non-hydrogen) atoms. The smallest absolute Gasteiger partial charge is 0.146 e. The highest BCUT2D eigenvalue weighted by molar-refractivity contribution is 9.10. The average Bonchev–Trinajstić information content (AvgIpc) is 2.76. The lowest BCUT2D eigenvalue weighted by Gasteiger charge is -2.26. The molecule has 0 unspecified atom stereocenters. The number of anilines is 1. The Bertz CT molecular complexity index is 579. The van der Waals surface area contributed by atoms with Gasteiger partial charge in [-0.15, -0.1) is 0 Å². The molecule has 1 aliphatic rings. The number of fused-ring (bicyclic) bond motifs is 1. The Morgan fingerprint density at radius 1 is 1.26 bits per heavy atom. The third kappa shape index (κ3) is 2.58. The average molecular weight is 326 g/mol. The van der Waals surface area contributed by atoms with Crippen LogP contribution in [0, 0.1) is 0 Å². The highest BCUT2D eigenvalue weighted by Crippen LogP contribution is 2.28. The number of nitrogen functional groups attached to an aromatic ring is 1. The van der Waals surface area contributed by atoms with Crippen LogP contribution in [0.5, 0.6) is 0 Å². The second kappa shape index (κ2) is 5.44. The summed E-state index contributed by atoms with van der Waals surface area (Å²) in [5.41, 5.74) is 6.77. The lowest BCUT2D eigenvalue weighted by molar-refractivity contribution is 0.0365. The van der Waals surface area contributed by atoms with E-state index in [1.807, 2.05) is 6.20 Å². The molecule has 0 spiro atoms. The molecule has 3 heterocycles. The Hall–Kier alpha value is -1.18. The molecule has 0 saturated carbocycles. The van der Waals surface area contributed by atoms with Crippen molar-refractivity contribution in [2.75, 3.05) is 38.6 Å². The number of halogens is 1. The molecule has 3 rings (SSSR count). The first-order chi connectivity index (χ1) is 9.25. The van der Waals surface area contributed by atoms with E-state index in [0.717, 1.165) is 54.9 Å². The maximum Gasteiger partial charge on any atom is 0.146 e. The van der Waals surface area contributed by atoms with Crippen LogP contribution in [-0.2, 0) is 11.3 Å². The third-order valence-electron chi connectivity index (χ3n) is 3.40. The summed E-state index contributed by atoms with van der Waals surface area (Å²) in [5, 5.41) is 0.893. The Kier molecular flexibility index (Phi) is 3.67. The molecular weight excluding hydrogens is 310 g/mol. The first-order valence-electron chi connectivity index (χ1n) is 6.30. The molecule has 0 aliphatic carbocycles. The van der Waals surface area contributed by atoms with Crippen LogP contribution >= 0.6 is 15.9 Å². The van der Waals surface area contributed by atoms with Crippen molar-refractivity contribution >= 4 is 32.8 Å². The molecule has 0 atom stereocenters. The molecule has 0 radical (unpaired) electrons. The van der Waals surface area contributed by atoms with Crippen LogP contribution in [0.2, 0.25) is 0 Å². The van der Waals surface area contributed by atoms with Gasteiger partial charge >= 0.3 is 0 Å². The van der Waals surface area contributed by atoms with Gasteiger partial charge in [0.2, 0.25) is 0 Å². The van der Waals surface area contributed by atoms with E-state index in [1.165, 1.54) is 6.33 Å². The summed E-state index contributed by atoms with van der Waals surface area (Å²) < 4.78 is 8.41. The van der Waals surface area contributed by atoms with E-state index in [0.29, 0.717) is 5.82 Å². The number of nitrogens with zero attached hydrogens (tertiary/aromatic N) is 4. The number of hydrogen-bond donors (Lipinski definition) is 1. The molecule has 1 fully saturated rings. The van der Waals surface area contributed by atoms with Crippen LogP contribution in [-0.4, -0.2) is 52.3 Å². The zero-order valence-corrected chi connectivity index (χ0v) is 12.1. The van der Waals surface area contributed by atoms with Crippen LogP contribution < -0.4 is 5.73 Å². The highest BCUT2D eigenvalue weighted by atomic mass is 79.9. The normalized spacial score (nSPS) is 17.1. The van der Waals surface area contributed by atoms with Crippen molar-refractivity contribution in [3.8, 4) is 0 Å². The van der Waals surface area contributed by atoms with Crippen molar-refractivity contribution in [2.24, 2.45) is 0 Å². The Labute approximate surface area is 119 Å². The summed E-state index contributed by atoms with van der Waals surface area (Å²) in [6.45, 7) is 5.52. The topological polar surface area (TPSA) is 69.2 Å². The summed E-state index contributed by atoms with van der Waals surface area (Å²) >= 11 is 3.52. The monoisotopic (exact) mass is 325 g/mol. The third-order valence-corrected chi connectivity index (χ3v) is 4.00. The van der Waals surface area contributed by atoms with Crippen molar-refractivity contribution in [3.05, 3.63) is 17.0 Å². The lowest BCUT2D eigenvalue weighted by Crippen LogP contribution is -2.38. The van der Waals surface area contributed by atoms with Crippen LogP contribution in [0.1, 0.15) is 0 Å². The Morgan fingerprint density at radius 3 is 2.84 bits per heavy atom. The van der Waals surface area contributed by atoms with E-state index in [4.69, 9.17) is 10.5 Å². The fourth-order valence-corrected chi connectivity index (χ4v) is 2.97. The van der Waals surface area contributed by atoms with Gasteiger partial charge < -0.3 is 15.0 Å². The molecule has 0 bridgehead atoms. The van der Waals surface area contributed by atoms with Gasteiger partial charge in [-0.25, -0.2) is 9.97 Å². The van der Waals surface area contributed by atoms with Crippen LogP contribution in [0.25, 0.3) is 11.0 Å². The largest absolute Gasteiger partial charge is 0.383 e. The standard InChI is InChI=1S/C12H16BrN5O/c13-9-7-18(2-1-17-3-5-19-6-4-17)12-10(9)11(14)15-8-16-12/h7-8H,1-6H2,(H2,14,15,16). The minimum absolute atomic E-state index is 0.516. The number of hydrogen-bond acceptors (Lipinski definition) is 5. The van der Waals surface area contributed by atoms with Gasteiger partial charge in [-0.3, -0.25) is 4.90 Å². The fraction of sp³-hybridized carbons (Fsp3) is 0.500. The SMILES string of the molecule is Nc1ncnc2c1c(Br)cn2CCN1CCOCC1. The summed E-state index contributed by atoms with van der Waals surface area (Å²) in [4.78, 5) is 10.7. The van der Waals surface area contributed by atoms with Gasteiger partial charge in [0.15, 0.2) is 0 Å². The molecule has 0 aromatic carbocycles. The van der Waals surface area contributed by atoms with E-state index < -0.39 is 0 Å². The van der Waals surface area contributed by atoms with Crippen molar-refractivity contribution in [3.63, 3.8) is 0 Å².